The summed E-state index contributed by atoms with van der Waals surface area (Å²) in [5.74, 6) is -0.194. The Bertz CT molecular complexity index is 134. The van der Waals surface area contributed by atoms with Crippen molar-refractivity contribution >= 4 is 5.97 Å². The van der Waals surface area contributed by atoms with E-state index in [2.05, 4.69) is 5.32 Å². The predicted molar refractivity (Wildman–Crippen MR) is 39.4 cm³/mol. The Morgan fingerprint density at radius 1 is 1.64 bits per heavy atom. The Kier molecular flexibility index (Phi) is 3.32. The van der Waals surface area contributed by atoms with Crippen molar-refractivity contribution in [3.63, 3.8) is 0 Å². The predicted octanol–water partition coefficient (Wildman–Crippen LogP) is -0.303. The Hall–Kier alpha value is -0.610. The van der Waals surface area contributed by atoms with E-state index in [1.807, 2.05) is 0 Å². The summed E-state index contributed by atoms with van der Waals surface area (Å²) in [4.78, 5) is 10.0. The molecule has 2 N–H and O–H groups in total. The molecule has 4 heteroatoms. The molecule has 11 heavy (non-hydrogen) atoms. The quantitative estimate of drug-likeness (QED) is 0.540. The van der Waals surface area contributed by atoms with Crippen LogP contribution in [0.15, 0.2) is 0 Å². The van der Waals surface area contributed by atoms with Gasteiger partial charge >= 0.3 is 5.97 Å². The van der Waals surface area contributed by atoms with E-state index in [9.17, 15) is 4.79 Å². The fraction of sp³-hybridized carbons (Fsp3) is 0.857. The lowest BCUT2D eigenvalue weighted by atomic mass is 10.1. The number of hydrogen-bond acceptors (Lipinski definition) is 3. The van der Waals surface area contributed by atoms with Crippen LogP contribution in [0.2, 0.25) is 0 Å². The van der Waals surface area contributed by atoms with Gasteiger partial charge in [0.15, 0.2) is 0 Å². The maximum absolute atomic E-state index is 10.0. The molecular weight excluding hydrogens is 146 g/mol. The first-order valence-electron chi connectivity index (χ1n) is 3.79. The molecule has 0 atom stereocenters. The highest BCUT2D eigenvalue weighted by Gasteiger charge is 2.16. The van der Waals surface area contributed by atoms with Crippen molar-refractivity contribution in [2.24, 2.45) is 5.92 Å². The average molecular weight is 159 g/mol. The summed E-state index contributed by atoms with van der Waals surface area (Å²) >= 11 is 0. The van der Waals surface area contributed by atoms with E-state index in [0.717, 1.165) is 13.1 Å². The summed E-state index contributed by atoms with van der Waals surface area (Å²) in [6.07, 6.45) is 0.111. The normalized spacial score (nSPS) is 17.8. The highest BCUT2D eigenvalue weighted by atomic mass is 16.5. The van der Waals surface area contributed by atoms with Crippen LogP contribution in [-0.4, -0.2) is 37.4 Å². The van der Waals surface area contributed by atoms with Gasteiger partial charge in [-0.1, -0.05) is 0 Å². The molecule has 0 radical (unpaired) electrons. The molecule has 1 rings (SSSR count). The van der Waals surface area contributed by atoms with E-state index in [1.165, 1.54) is 0 Å². The minimum atomic E-state index is -0.795. The second-order valence-corrected chi connectivity index (χ2v) is 2.74. The van der Waals surface area contributed by atoms with Gasteiger partial charge in [0.2, 0.25) is 0 Å². The molecule has 0 spiro atoms. The van der Waals surface area contributed by atoms with Crippen LogP contribution in [0.25, 0.3) is 0 Å². The second kappa shape index (κ2) is 4.31. The van der Waals surface area contributed by atoms with Gasteiger partial charge in [0.05, 0.1) is 19.6 Å². The summed E-state index contributed by atoms with van der Waals surface area (Å²) in [7, 11) is 0. The van der Waals surface area contributed by atoms with Crippen molar-refractivity contribution in [3.8, 4) is 0 Å². The van der Waals surface area contributed by atoms with E-state index >= 15 is 0 Å². The molecule has 1 heterocycles. The topological polar surface area (TPSA) is 58.6 Å². The molecule has 4 nitrogen and oxygen atoms in total. The molecule has 0 aromatic heterocycles. The fourth-order valence-electron chi connectivity index (χ4n) is 0.876. The molecule has 0 bridgehead atoms. The van der Waals surface area contributed by atoms with Crippen LogP contribution in [0.3, 0.4) is 0 Å². The lowest BCUT2D eigenvalue weighted by molar-refractivity contribution is -0.138. The number of ether oxygens (including phenoxy) is 1. The van der Waals surface area contributed by atoms with Gasteiger partial charge in [0, 0.05) is 19.0 Å². The van der Waals surface area contributed by atoms with Crippen LogP contribution in [0, 0.1) is 5.92 Å². The van der Waals surface area contributed by atoms with Gasteiger partial charge in [0.1, 0.15) is 0 Å². The van der Waals surface area contributed by atoms with Crippen LogP contribution >= 0.6 is 0 Å². The second-order valence-electron chi connectivity index (χ2n) is 2.74. The van der Waals surface area contributed by atoms with Crippen molar-refractivity contribution in [1.82, 2.24) is 5.32 Å². The molecule has 0 aromatic rings. The molecular formula is C7H13NO3. The fourth-order valence-corrected chi connectivity index (χ4v) is 0.876. The maximum Gasteiger partial charge on any atom is 0.305 e. The zero-order valence-corrected chi connectivity index (χ0v) is 6.38. The summed E-state index contributed by atoms with van der Waals surface area (Å²) < 4.78 is 5.13. The van der Waals surface area contributed by atoms with Crippen molar-refractivity contribution in [3.05, 3.63) is 0 Å². The lowest BCUT2D eigenvalue weighted by Gasteiger charge is -2.26. The Balaban J connectivity index is 1.83. The molecule has 1 fully saturated rings. The molecule has 1 aliphatic rings. The zero-order chi connectivity index (χ0) is 8.10. The van der Waals surface area contributed by atoms with Crippen molar-refractivity contribution < 1.29 is 14.6 Å². The summed E-state index contributed by atoms with van der Waals surface area (Å²) in [5.41, 5.74) is 0. The van der Waals surface area contributed by atoms with Gasteiger partial charge < -0.3 is 15.2 Å². The average Bonchev–Trinajstić information content (AvgIpc) is 1.82. The first-order chi connectivity index (χ1) is 5.29. The third-order valence-electron chi connectivity index (χ3n) is 1.68. The molecule has 0 amide bonds. The SMILES string of the molecule is O=C(O)CCOCC1CNC1. The molecule has 1 aliphatic heterocycles. The molecule has 0 aliphatic carbocycles. The van der Waals surface area contributed by atoms with Gasteiger partial charge in [-0.15, -0.1) is 0 Å². The number of aliphatic carboxylic acids is 1. The Morgan fingerprint density at radius 2 is 2.36 bits per heavy atom. The third-order valence-corrected chi connectivity index (χ3v) is 1.68. The number of hydrogen-bond donors (Lipinski definition) is 2. The summed E-state index contributed by atoms with van der Waals surface area (Å²) in [6, 6.07) is 0. The van der Waals surface area contributed by atoms with Crippen LogP contribution in [0.5, 0.6) is 0 Å². The Labute approximate surface area is 65.5 Å². The lowest BCUT2D eigenvalue weighted by Crippen LogP contribution is -2.44. The number of carboxylic acid groups (broad SMARTS) is 1. The number of carbonyl (C=O) groups is 1. The van der Waals surface area contributed by atoms with Crippen LogP contribution in [-0.2, 0) is 9.53 Å². The van der Waals surface area contributed by atoms with Crippen molar-refractivity contribution in [1.29, 1.82) is 0 Å². The van der Waals surface area contributed by atoms with Crippen LogP contribution in [0.4, 0.5) is 0 Å². The highest BCUT2D eigenvalue weighted by Crippen LogP contribution is 2.02. The van der Waals surface area contributed by atoms with Crippen LogP contribution < -0.4 is 5.32 Å². The molecule has 0 unspecified atom stereocenters. The van der Waals surface area contributed by atoms with Gasteiger partial charge in [-0.2, -0.15) is 0 Å². The Morgan fingerprint density at radius 3 is 2.82 bits per heavy atom. The molecule has 0 aromatic carbocycles. The highest BCUT2D eigenvalue weighted by molar-refractivity contribution is 5.66. The number of nitrogens with one attached hydrogen (secondary N) is 1. The van der Waals surface area contributed by atoms with E-state index in [0.29, 0.717) is 19.1 Å². The maximum atomic E-state index is 10.0. The molecule has 0 saturated carbocycles. The largest absolute Gasteiger partial charge is 0.481 e. The van der Waals surface area contributed by atoms with Crippen molar-refractivity contribution in [2.75, 3.05) is 26.3 Å². The van der Waals surface area contributed by atoms with Crippen molar-refractivity contribution in [2.45, 2.75) is 6.42 Å². The van der Waals surface area contributed by atoms with E-state index in [-0.39, 0.29) is 6.42 Å². The van der Waals surface area contributed by atoms with Gasteiger partial charge in [-0.25, -0.2) is 0 Å². The number of rotatable bonds is 5. The van der Waals surface area contributed by atoms with E-state index in [4.69, 9.17) is 9.84 Å². The van der Waals surface area contributed by atoms with Gasteiger partial charge in [-0.05, 0) is 0 Å². The summed E-state index contributed by atoms with van der Waals surface area (Å²) in [5, 5.41) is 11.4. The monoisotopic (exact) mass is 159 g/mol. The zero-order valence-electron chi connectivity index (χ0n) is 6.38. The van der Waals surface area contributed by atoms with E-state index < -0.39 is 5.97 Å². The van der Waals surface area contributed by atoms with E-state index in [1.54, 1.807) is 0 Å². The minimum absolute atomic E-state index is 0.111. The molecule has 1 saturated heterocycles. The number of carboxylic acids is 1. The first-order valence-corrected chi connectivity index (χ1v) is 3.79. The summed E-state index contributed by atoms with van der Waals surface area (Å²) in [6.45, 7) is 3.05. The van der Waals surface area contributed by atoms with Gasteiger partial charge in [-0.3, -0.25) is 4.79 Å². The third kappa shape index (κ3) is 3.34. The smallest absolute Gasteiger partial charge is 0.305 e. The van der Waals surface area contributed by atoms with Crippen LogP contribution in [0.1, 0.15) is 6.42 Å². The first kappa shape index (κ1) is 8.49. The standard InChI is InChI=1S/C7H13NO3/c9-7(10)1-2-11-5-6-3-8-4-6/h6,8H,1-5H2,(H,9,10). The molecule has 64 valence electrons. The minimum Gasteiger partial charge on any atom is -0.481 e. The van der Waals surface area contributed by atoms with Gasteiger partial charge in [0.25, 0.3) is 0 Å².